The third-order valence-electron chi connectivity index (χ3n) is 4.58. The maximum Gasteiger partial charge on any atom is 0.253 e. The van der Waals surface area contributed by atoms with Crippen molar-refractivity contribution in [1.82, 2.24) is 5.32 Å². The van der Waals surface area contributed by atoms with Gasteiger partial charge in [0.15, 0.2) is 0 Å². The van der Waals surface area contributed by atoms with E-state index in [-0.39, 0.29) is 11.3 Å². The number of hydrogen-bond acceptors (Lipinski definition) is 2. The summed E-state index contributed by atoms with van der Waals surface area (Å²) >= 11 is 5.98. The van der Waals surface area contributed by atoms with Crippen molar-refractivity contribution in [2.45, 2.75) is 24.7 Å². The second-order valence-corrected chi connectivity index (χ2v) is 6.29. The van der Waals surface area contributed by atoms with Gasteiger partial charge in [0.05, 0.1) is 16.3 Å². The number of nitrogens with one attached hydrogen (secondary N) is 1. The fourth-order valence-electron chi connectivity index (χ4n) is 3.04. The molecule has 1 saturated carbocycles. The highest BCUT2D eigenvalue weighted by Crippen LogP contribution is 2.43. The van der Waals surface area contributed by atoms with Crippen LogP contribution in [0.2, 0.25) is 5.02 Å². The normalized spacial score (nSPS) is 15.9. The number of carbonyl (C=O) groups excluding carboxylic acids is 1. The summed E-state index contributed by atoms with van der Waals surface area (Å²) in [5.41, 5.74) is 8.02. The Morgan fingerprint density at radius 2 is 1.86 bits per heavy atom. The number of carbonyl (C=O) groups is 1. The molecule has 1 aliphatic carbocycles. The van der Waals surface area contributed by atoms with Gasteiger partial charge in [0.1, 0.15) is 0 Å². The van der Waals surface area contributed by atoms with Crippen LogP contribution < -0.4 is 11.1 Å². The number of nitrogens with two attached hydrogens (primary N) is 1. The lowest BCUT2D eigenvalue weighted by Crippen LogP contribution is -2.45. The van der Waals surface area contributed by atoms with Crippen LogP contribution in [0, 0.1) is 0 Å². The topological polar surface area (TPSA) is 55.1 Å². The molecule has 2 aromatic carbocycles. The molecule has 1 fully saturated rings. The zero-order valence-corrected chi connectivity index (χ0v) is 13.1. The van der Waals surface area contributed by atoms with E-state index >= 15 is 0 Å². The Hall–Kier alpha value is -2.00. The molecule has 4 heteroatoms. The van der Waals surface area contributed by atoms with Crippen LogP contribution in [0.5, 0.6) is 0 Å². The number of anilines is 1. The van der Waals surface area contributed by atoms with Gasteiger partial charge in [-0.1, -0.05) is 54.4 Å². The fourth-order valence-corrected chi connectivity index (χ4v) is 3.22. The summed E-state index contributed by atoms with van der Waals surface area (Å²) < 4.78 is 0. The van der Waals surface area contributed by atoms with Gasteiger partial charge in [0.2, 0.25) is 0 Å². The summed E-state index contributed by atoms with van der Waals surface area (Å²) in [5, 5.41) is 3.44. The van der Waals surface area contributed by atoms with Crippen LogP contribution in [0.25, 0.3) is 0 Å². The maximum absolute atomic E-state index is 12.4. The lowest BCUT2D eigenvalue weighted by molar-refractivity contribution is 0.0929. The van der Waals surface area contributed by atoms with Crippen LogP contribution >= 0.6 is 11.6 Å². The van der Waals surface area contributed by atoms with E-state index in [2.05, 4.69) is 17.4 Å². The van der Waals surface area contributed by atoms with Crippen molar-refractivity contribution in [3.8, 4) is 0 Å². The maximum atomic E-state index is 12.4. The summed E-state index contributed by atoms with van der Waals surface area (Å²) in [6.07, 6.45) is 3.40. The zero-order chi connectivity index (χ0) is 15.6. The number of amides is 1. The fraction of sp³-hybridized carbons (Fsp3) is 0.278. The lowest BCUT2D eigenvalue weighted by atomic mass is 9.64. The number of benzene rings is 2. The molecule has 0 aliphatic heterocycles. The third-order valence-corrected chi connectivity index (χ3v) is 4.91. The SMILES string of the molecule is Nc1c(Cl)cccc1C(=O)NCC1(c2ccccc2)CCC1. The molecular formula is C18H19ClN2O. The number of para-hydroxylation sites is 1. The molecule has 0 aromatic heterocycles. The predicted molar refractivity (Wildman–Crippen MR) is 90.2 cm³/mol. The lowest BCUT2D eigenvalue weighted by Gasteiger charge is -2.42. The average Bonchev–Trinajstić information content (AvgIpc) is 2.50. The highest BCUT2D eigenvalue weighted by molar-refractivity contribution is 6.33. The van der Waals surface area contributed by atoms with Crippen molar-refractivity contribution in [3.63, 3.8) is 0 Å². The Labute approximate surface area is 135 Å². The minimum absolute atomic E-state index is 0.0598. The van der Waals surface area contributed by atoms with Crippen LogP contribution in [0.3, 0.4) is 0 Å². The molecule has 0 unspecified atom stereocenters. The minimum Gasteiger partial charge on any atom is -0.397 e. The number of rotatable bonds is 4. The van der Waals surface area contributed by atoms with Gasteiger partial charge >= 0.3 is 0 Å². The summed E-state index contributed by atoms with van der Waals surface area (Å²) in [5.74, 6) is -0.165. The highest BCUT2D eigenvalue weighted by atomic mass is 35.5. The third kappa shape index (κ3) is 2.69. The van der Waals surface area contributed by atoms with E-state index in [4.69, 9.17) is 17.3 Å². The first-order chi connectivity index (χ1) is 10.6. The molecule has 0 atom stereocenters. The summed E-state index contributed by atoms with van der Waals surface area (Å²) in [6, 6.07) is 15.5. The summed E-state index contributed by atoms with van der Waals surface area (Å²) in [6.45, 7) is 0.627. The molecule has 0 spiro atoms. The molecule has 0 saturated heterocycles. The minimum atomic E-state index is -0.165. The molecular weight excluding hydrogens is 296 g/mol. The van der Waals surface area contributed by atoms with Crippen molar-refractivity contribution in [2.75, 3.05) is 12.3 Å². The Morgan fingerprint density at radius 3 is 2.50 bits per heavy atom. The van der Waals surface area contributed by atoms with Crippen LogP contribution in [-0.4, -0.2) is 12.5 Å². The van der Waals surface area contributed by atoms with E-state index < -0.39 is 0 Å². The molecule has 0 radical (unpaired) electrons. The quantitative estimate of drug-likeness (QED) is 0.844. The molecule has 0 bridgehead atoms. The first kappa shape index (κ1) is 14.9. The van der Waals surface area contributed by atoms with Gasteiger partial charge in [0, 0.05) is 12.0 Å². The Bertz CT molecular complexity index is 681. The molecule has 1 amide bonds. The van der Waals surface area contributed by atoms with Gasteiger partial charge in [-0.3, -0.25) is 4.79 Å². The standard InChI is InChI=1S/C18H19ClN2O/c19-15-9-4-8-14(16(15)20)17(22)21-12-18(10-5-11-18)13-6-2-1-3-7-13/h1-4,6-9H,5,10-12,20H2,(H,21,22). The highest BCUT2D eigenvalue weighted by Gasteiger charge is 2.38. The first-order valence-corrected chi connectivity index (χ1v) is 7.88. The van der Waals surface area contributed by atoms with Crippen LogP contribution in [0.4, 0.5) is 5.69 Å². The second-order valence-electron chi connectivity index (χ2n) is 5.88. The van der Waals surface area contributed by atoms with E-state index in [0.717, 1.165) is 12.8 Å². The first-order valence-electron chi connectivity index (χ1n) is 7.50. The van der Waals surface area contributed by atoms with Gasteiger partial charge in [-0.25, -0.2) is 0 Å². The zero-order valence-electron chi connectivity index (χ0n) is 12.3. The summed E-state index contributed by atoms with van der Waals surface area (Å²) in [4.78, 5) is 12.4. The Kier molecular flexibility index (Phi) is 4.08. The summed E-state index contributed by atoms with van der Waals surface area (Å²) in [7, 11) is 0. The largest absolute Gasteiger partial charge is 0.397 e. The Balaban J connectivity index is 1.74. The van der Waals surface area contributed by atoms with E-state index in [1.165, 1.54) is 12.0 Å². The van der Waals surface area contributed by atoms with Gasteiger partial charge in [0.25, 0.3) is 5.91 Å². The molecule has 3 rings (SSSR count). The monoisotopic (exact) mass is 314 g/mol. The smallest absolute Gasteiger partial charge is 0.253 e. The number of halogens is 1. The van der Waals surface area contributed by atoms with E-state index in [9.17, 15) is 4.79 Å². The van der Waals surface area contributed by atoms with Gasteiger partial charge < -0.3 is 11.1 Å². The predicted octanol–water partition coefficient (Wildman–Crippen LogP) is 3.77. The van der Waals surface area contributed by atoms with Gasteiger partial charge in [-0.2, -0.15) is 0 Å². The molecule has 1 aliphatic rings. The van der Waals surface area contributed by atoms with Crippen molar-refractivity contribution in [2.24, 2.45) is 0 Å². The molecule has 0 heterocycles. The van der Waals surface area contributed by atoms with Gasteiger partial charge in [-0.15, -0.1) is 0 Å². The van der Waals surface area contributed by atoms with Gasteiger partial charge in [-0.05, 0) is 30.5 Å². The number of hydrogen-bond donors (Lipinski definition) is 2. The van der Waals surface area contributed by atoms with Crippen molar-refractivity contribution in [1.29, 1.82) is 0 Å². The molecule has 3 nitrogen and oxygen atoms in total. The average molecular weight is 315 g/mol. The molecule has 2 aromatic rings. The van der Waals surface area contributed by atoms with Crippen LogP contribution in [-0.2, 0) is 5.41 Å². The van der Waals surface area contributed by atoms with Crippen molar-refractivity contribution in [3.05, 3.63) is 64.7 Å². The second kappa shape index (κ2) is 6.01. The van der Waals surface area contributed by atoms with Crippen molar-refractivity contribution >= 4 is 23.2 Å². The van der Waals surface area contributed by atoms with Crippen molar-refractivity contribution < 1.29 is 4.79 Å². The Morgan fingerprint density at radius 1 is 1.14 bits per heavy atom. The molecule has 22 heavy (non-hydrogen) atoms. The number of nitrogen functional groups attached to an aromatic ring is 1. The van der Waals surface area contributed by atoms with E-state index in [1.54, 1.807) is 18.2 Å². The van der Waals surface area contributed by atoms with Crippen LogP contribution in [0.15, 0.2) is 48.5 Å². The molecule has 3 N–H and O–H groups in total. The van der Waals surface area contributed by atoms with E-state index in [0.29, 0.717) is 22.8 Å². The van der Waals surface area contributed by atoms with Crippen LogP contribution in [0.1, 0.15) is 35.2 Å². The molecule has 114 valence electrons. The van der Waals surface area contributed by atoms with E-state index in [1.807, 2.05) is 18.2 Å².